The fourth-order valence-corrected chi connectivity index (χ4v) is 9.55. The lowest BCUT2D eigenvalue weighted by molar-refractivity contribution is -0.143. The van der Waals surface area contributed by atoms with E-state index in [0.717, 1.165) is 87.2 Å². The van der Waals surface area contributed by atoms with E-state index in [1.54, 1.807) is 14.2 Å². The van der Waals surface area contributed by atoms with E-state index in [9.17, 15) is 14.7 Å². The minimum atomic E-state index is -0.700. The Morgan fingerprint density at radius 3 is 2.31 bits per heavy atom. The molecule has 1 saturated heterocycles. The molecule has 5 aromatic carbocycles. The molecule has 1 aliphatic carbocycles. The van der Waals surface area contributed by atoms with Gasteiger partial charge < -0.3 is 25.2 Å². The average Bonchev–Trinajstić information content (AvgIpc) is 3.90. The van der Waals surface area contributed by atoms with Crippen molar-refractivity contribution in [3.05, 3.63) is 136 Å². The number of methoxy groups -OCH3 is 2. The summed E-state index contributed by atoms with van der Waals surface area (Å²) in [7, 11) is 3.36. The second-order valence-corrected chi connectivity index (χ2v) is 16.9. The highest BCUT2D eigenvalue weighted by Crippen LogP contribution is 2.41. The van der Waals surface area contributed by atoms with E-state index < -0.39 is 5.97 Å². The minimum Gasteiger partial charge on any atom is -0.496 e. The number of nitrogens with one attached hydrogen (secondary N) is 2. The standard InChI is InChI=1S/C49H51Cl2N5O5/c1-60-45-23-33(14-15-34(45)25-52-26-37-18-21-47(57)54-37)39-10-6-12-41(48(39)51)40-11-7-13-44-42(40)27-53-56(44)30-35-24-46(61-2)36(22-43(35)50)29-55(28-31-8-4-3-5-9-31)38-19-16-32(17-20-38)49(58)59/h3-15,22-24,27,32,37-38,52H,16-21,25-26,28-30H2,1-2H3,(H,54,57)(H,58,59)/t32?,37-,38?/m0/s1. The molecular formula is C49H51Cl2N5O5. The minimum absolute atomic E-state index is 0.111. The number of benzene rings is 5. The third-order valence-electron chi connectivity index (χ3n) is 12.3. The van der Waals surface area contributed by atoms with E-state index in [1.807, 2.05) is 59.4 Å². The van der Waals surface area contributed by atoms with Gasteiger partial charge in [-0.2, -0.15) is 5.10 Å². The van der Waals surface area contributed by atoms with Gasteiger partial charge in [-0.1, -0.05) is 96.0 Å². The Morgan fingerprint density at radius 1 is 0.836 bits per heavy atom. The first-order chi connectivity index (χ1) is 29.7. The van der Waals surface area contributed by atoms with Crippen LogP contribution in [0.4, 0.5) is 0 Å². The number of fused-ring (bicyclic) bond motifs is 1. The van der Waals surface area contributed by atoms with Gasteiger partial charge in [0.25, 0.3) is 0 Å². The molecule has 3 N–H and O–H groups in total. The van der Waals surface area contributed by atoms with E-state index in [-0.39, 0.29) is 23.9 Å². The number of halogens is 2. The summed E-state index contributed by atoms with van der Waals surface area (Å²) in [4.78, 5) is 25.8. The Bertz CT molecular complexity index is 2520. The summed E-state index contributed by atoms with van der Waals surface area (Å²) in [6.07, 6.45) is 6.31. The number of carboxylic acids is 1. The molecule has 10 nitrogen and oxygen atoms in total. The monoisotopic (exact) mass is 859 g/mol. The number of ether oxygens (including phenoxy) is 2. The highest BCUT2D eigenvalue weighted by Gasteiger charge is 2.30. The number of hydrogen-bond acceptors (Lipinski definition) is 7. The van der Waals surface area contributed by atoms with E-state index in [1.165, 1.54) is 5.56 Å². The van der Waals surface area contributed by atoms with Crippen LogP contribution in [0.5, 0.6) is 11.5 Å². The van der Waals surface area contributed by atoms with Gasteiger partial charge in [-0.05, 0) is 78.6 Å². The van der Waals surface area contributed by atoms with Crippen molar-refractivity contribution in [2.45, 2.75) is 76.8 Å². The van der Waals surface area contributed by atoms with Crippen LogP contribution in [0.1, 0.15) is 60.8 Å². The summed E-state index contributed by atoms with van der Waals surface area (Å²) >= 11 is 14.4. The molecule has 61 heavy (non-hydrogen) atoms. The molecule has 1 aromatic heterocycles. The SMILES string of the molecule is COc1cc(-c2cccc(-c3cccc4c3cnn4Cc3cc(OC)c(CN(Cc4ccccc4)C4CCC(C(=O)O)CC4)cc3Cl)c2Cl)ccc1CNC[C@@H]1CCC(=O)N1. The van der Waals surface area contributed by atoms with Crippen molar-refractivity contribution < 1.29 is 24.2 Å². The van der Waals surface area contributed by atoms with Crippen molar-refractivity contribution >= 4 is 46.0 Å². The van der Waals surface area contributed by atoms with Crippen LogP contribution in [0.3, 0.4) is 0 Å². The molecule has 6 aromatic rings. The number of carboxylic acid groups (broad SMARTS) is 1. The first-order valence-electron chi connectivity index (χ1n) is 21.0. The zero-order valence-electron chi connectivity index (χ0n) is 34.5. The topological polar surface area (TPSA) is 118 Å². The molecule has 2 fully saturated rings. The Labute approximate surface area is 366 Å². The van der Waals surface area contributed by atoms with Crippen molar-refractivity contribution in [1.29, 1.82) is 0 Å². The molecule has 8 rings (SSSR count). The molecule has 1 amide bonds. The quantitative estimate of drug-likeness (QED) is 0.0881. The van der Waals surface area contributed by atoms with Crippen LogP contribution in [-0.2, 0) is 35.8 Å². The molecule has 1 aliphatic heterocycles. The summed E-state index contributed by atoms with van der Waals surface area (Å²) in [5, 5.41) is 23.2. The van der Waals surface area contributed by atoms with E-state index in [4.69, 9.17) is 37.8 Å². The van der Waals surface area contributed by atoms with Crippen LogP contribution in [0, 0.1) is 5.92 Å². The second-order valence-electron chi connectivity index (χ2n) is 16.2. The maximum absolute atomic E-state index is 11.7. The molecule has 1 saturated carbocycles. The molecule has 0 spiro atoms. The number of hydrogen-bond donors (Lipinski definition) is 3. The third-order valence-corrected chi connectivity index (χ3v) is 13.1. The summed E-state index contributed by atoms with van der Waals surface area (Å²) in [5.41, 5.74) is 8.73. The second kappa shape index (κ2) is 19.1. The first kappa shape index (κ1) is 42.3. The van der Waals surface area contributed by atoms with Gasteiger partial charge in [0.1, 0.15) is 11.5 Å². The van der Waals surface area contributed by atoms with Gasteiger partial charge in [-0.25, -0.2) is 0 Å². The van der Waals surface area contributed by atoms with E-state index in [2.05, 4.69) is 64.1 Å². The normalized spacial score (nSPS) is 17.8. The van der Waals surface area contributed by atoms with Gasteiger partial charge in [-0.15, -0.1) is 0 Å². The fraction of sp³-hybridized carbons (Fsp3) is 0.327. The lowest BCUT2D eigenvalue weighted by Gasteiger charge is -2.36. The third kappa shape index (κ3) is 9.58. The van der Waals surface area contributed by atoms with Crippen LogP contribution < -0.4 is 20.1 Å². The molecule has 1 atom stereocenters. The average molecular weight is 861 g/mol. The molecule has 0 bridgehead atoms. The molecule has 2 heterocycles. The highest BCUT2D eigenvalue weighted by atomic mass is 35.5. The molecule has 0 unspecified atom stereocenters. The zero-order chi connectivity index (χ0) is 42.5. The maximum atomic E-state index is 11.7. The smallest absolute Gasteiger partial charge is 0.306 e. The number of rotatable bonds is 16. The fourth-order valence-electron chi connectivity index (χ4n) is 8.97. The van der Waals surface area contributed by atoms with Gasteiger partial charge in [0.15, 0.2) is 0 Å². The summed E-state index contributed by atoms with van der Waals surface area (Å²) in [5.74, 6) is 0.640. The van der Waals surface area contributed by atoms with Gasteiger partial charge in [0, 0.05) is 77.3 Å². The van der Waals surface area contributed by atoms with Crippen LogP contribution in [-0.4, -0.2) is 64.5 Å². The molecule has 2 aliphatic rings. The number of carbonyl (C=O) groups excluding carboxylic acids is 1. The van der Waals surface area contributed by atoms with Gasteiger partial charge in [0.2, 0.25) is 5.91 Å². The van der Waals surface area contributed by atoms with Crippen LogP contribution in [0.2, 0.25) is 10.0 Å². The number of aliphatic carboxylic acids is 1. The summed E-state index contributed by atoms with van der Waals surface area (Å²) in [6, 6.07) is 33.2. The Morgan fingerprint density at radius 2 is 1.57 bits per heavy atom. The highest BCUT2D eigenvalue weighted by molar-refractivity contribution is 6.36. The van der Waals surface area contributed by atoms with Crippen molar-refractivity contribution in [2.75, 3.05) is 20.8 Å². The Balaban J connectivity index is 1.02. The number of carbonyl (C=O) groups is 2. The molecule has 316 valence electrons. The molecule has 12 heteroatoms. The number of amides is 1. The first-order valence-corrected chi connectivity index (χ1v) is 21.7. The Hall–Kier alpha value is -5.39. The van der Waals surface area contributed by atoms with E-state index in [0.29, 0.717) is 55.5 Å². The van der Waals surface area contributed by atoms with Crippen LogP contribution in [0.15, 0.2) is 103 Å². The Kier molecular flexibility index (Phi) is 13.3. The summed E-state index contributed by atoms with van der Waals surface area (Å²) < 4.78 is 13.8. The van der Waals surface area contributed by atoms with Crippen molar-refractivity contribution in [1.82, 2.24) is 25.3 Å². The number of aromatic nitrogens is 2. The van der Waals surface area contributed by atoms with Gasteiger partial charge >= 0.3 is 5.97 Å². The van der Waals surface area contributed by atoms with Gasteiger partial charge in [0.05, 0.1) is 43.4 Å². The lowest BCUT2D eigenvalue weighted by atomic mass is 9.85. The van der Waals surface area contributed by atoms with Crippen molar-refractivity contribution in [3.8, 4) is 33.8 Å². The van der Waals surface area contributed by atoms with Crippen LogP contribution in [0.25, 0.3) is 33.2 Å². The van der Waals surface area contributed by atoms with Gasteiger partial charge in [-0.3, -0.25) is 19.2 Å². The van der Waals surface area contributed by atoms with E-state index >= 15 is 0 Å². The zero-order valence-corrected chi connectivity index (χ0v) is 36.0. The summed E-state index contributed by atoms with van der Waals surface area (Å²) in [6.45, 7) is 3.10. The number of nitrogens with zero attached hydrogens (tertiary/aromatic N) is 3. The predicted molar refractivity (Wildman–Crippen MR) is 241 cm³/mol. The lowest BCUT2D eigenvalue weighted by Crippen LogP contribution is -2.38. The molecule has 0 radical (unpaired) electrons. The van der Waals surface area contributed by atoms with Crippen molar-refractivity contribution in [3.63, 3.8) is 0 Å². The van der Waals surface area contributed by atoms with Crippen molar-refractivity contribution in [2.24, 2.45) is 5.92 Å². The maximum Gasteiger partial charge on any atom is 0.306 e. The largest absolute Gasteiger partial charge is 0.496 e. The van der Waals surface area contributed by atoms with Crippen LogP contribution >= 0.6 is 23.2 Å². The predicted octanol–water partition coefficient (Wildman–Crippen LogP) is 9.76. The molecular weight excluding hydrogens is 809 g/mol.